The first-order valence-electron chi connectivity index (χ1n) is 6.76. The molecule has 0 fully saturated rings. The largest absolute Gasteiger partial charge is 0.496 e. The molecule has 0 bridgehead atoms. The van der Waals surface area contributed by atoms with Crippen molar-refractivity contribution in [1.29, 1.82) is 0 Å². The maximum atomic E-state index is 13.7. The van der Waals surface area contributed by atoms with Gasteiger partial charge >= 0.3 is 0 Å². The summed E-state index contributed by atoms with van der Waals surface area (Å²) in [5.41, 5.74) is 4.48. The van der Waals surface area contributed by atoms with Gasteiger partial charge < -0.3 is 10.1 Å². The van der Waals surface area contributed by atoms with Crippen LogP contribution in [0.1, 0.15) is 28.3 Å². The van der Waals surface area contributed by atoms with Crippen molar-refractivity contribution in [2.24, 2.45) is 0 Å². The van der Waals surface area contributed by atoms with Crippen molar-refractivity contribution >= 4 is 15.9 Å². The van der Waals surface area contributed by atoms with Crippen LogP contribution in [-0.4, -0.2) is 14.2 Å². The normalized spacial score (nSPS) is 12.3. The fourth-order valence-corrected chi connectivity index (χ4v) is 3.05. The third-order valence-corrected chi connectivity index (χ3v) is 4.31. The Morgan fingerprint density at radius 1 is 1.19 bits per heavy atom. The summed E-state index contributed by atoms with van der Waals surface area (Å²) in [5, 5.41) is 3.31. The van der Waals surface area contributed by atoms with Gasteiger partial charge in [0.2, 0.25) is 0 Å². The molecule has 0 radical (unpaired) electrons. The van der Waals surface area contributed by atoms with Gasteiger partial charge in [0.05, 0.1) is 17.6 Å². The van der Waals surface area contributed by atoms with Crippen molar-refractivity contribution in [2.45, 2.75) is 19.9 Å². The molecular formula is C17H19BrFNO. The van der Waals surface area contributed by atoms with E-state index in [4.69, 9.17) is 4.74 Å². The predicted octanol–water partition coefficient (Wildman–Crippen LogP) is 4.52. The maximum absolute atomic E-state index is 13.7. The third kappa shape index (κ3) is 3.11. The minimum Gasteiger partial charge on any atom is -0.496 e. The number of nitrogens with one attached hydrogen (secondary N) is 1. The Balaban J connectivity index is 2.64. The minimum atomic E-state index is -0.327. The van der Waals surface area contributed by atoms with Crippen molar-refractivity contribution in [2.75, 3.05) is 14.2 Å². The zero-order valence-electron chi connectivity index (χ0n) is 12.6. The first kappa shape index (κ1) is 16.0. The van der Waals surface area contributed by atoms with Crippen molar-refractivity contribution in [3.8, 4) is 5.75 Å². The molecule has 0 heterocycles. The molecule has 0 spiro atoms. The lowest BCUT2D eigenvalue weighted by atomic mass is 9.91. The first-order valence-corrected chi connectivity index (χ1v) is 7.55. The van der Waals surface area contributed by atoms with E-state index in [1.807, 2.05) is 13.1 Å². The van der Waals surface area contributed by atoms with Crippen LogP contribution in [0, 0.1) is 19.7 Å². The zero-order chi connectivity index (χ0) is 15.6. The summed E-state index contributed by atoms with van der Waals surface area (Å²) in [6, 6.07) is 9.34. The van der Waals surface area contributed by atoms with E-state index < -0.39 is 0 Å². The number of aryl methyl sites for hydroxylation is 2. The molecule has 2 aromatic carbocycles. The summed E-state index contributed by atoms with van der Waals surface area (Å²) < 4.78 is 19.5. The molecule has 2 rings (SSSR count). The van der Waals surface area contributed by atoms with Crippen molar-refractivity contribution in [3.05, 3.63) is 62.9 Å². The van der Waals surface area contributed by atoms with Crippen molar-refractivity contribution < 1.29 is 9.13 Å². The lowest BCUT2D eigenvalue weighted by Crippen LogP contribution is -2.20. The Labute approximate surface area is 133 Å². The molecule has 1 unspecified atom stereocenters. The van der Waals surface area contributed by atoms with Crippen LogP contribution in [0.3, 0.4) is 0 Å². The van der Waals surface area contributed by atoms with Gasteiger partial charge in [0, 0.05) is 11.6 Å². The van der Waals surface area contributed by atoms with Crippen LogP contribution in [0.2, 0.25) is 0 Å². The standard InChI is InChI=1S/C17H19BrFNO/c1-10-6-5-7-11(2)16(10)17(20-3)12-8-13(18)14(19)9-15(12)21-4/h5-9,17,20H,1-4H3. The van der Waals surface area contributed by atoms with Crippen LogP contribution >= 0.6 is 15.9 Å². The number of benzene rings is 2. The SMILES string of the molecule is CNC(c1cc(Br)c(F)cc1OC)c1c(C)cccc1C. The number of halogens is 2. The van der Waals surface area contributed by atoms with Gasteiger partial charge in [-0.2, -0.15) is 0 Å². The summed E-state index contributed by atoms with van der Waals surface area (Å²) in [7, 11) is 3.46. The van der Waals surface area contributed by atoms with E-state index in [2.05, 4.69) is 47.2 Å². The second-order valence-corrected chi connectivity index (χ2v) is 5.89. The van der Waals surface area contributed by atoms with Crippen LogP contribution in [0.25, 0.3) is 0 Å². The number of rotatable bonds is 4. The number of methoxy groups -OCH3 is 1. The highest BCUT2D eigenvalue weighted by Crippen LogP contribution is 2.36. The van der Waals surface area contributed by atoms with E-state index in [9.17, 15) is 4.39 Å². The van der Waals surface area contributed by atoms with E-state index in [1.165, 1.54) is 22.8 Å². The summed E-state index contributed by atoms with van der Waals surface area (Å²) in [5.74, 6) is 0.213. The van der Waals surface area contributed by atoms with Crippen molar-refractivity contribution in [3.63, 3.8) is 0 Å². The average Bonchev–Trinajstić information content (AvgIpc) is 2.46. The fraction of sp³-hybridized carbons (Fsp3) is 0.294. The molecule has 0 aromatic heterocycles. The molecule has 21 heavy (non-hydrogen) atoms. The molecule has 4 heteroatoms. The van der Waals surface area contributed by atoms with Gasteiger partial charge in [-0.3, -0.25) is 0 Å². The predicted molar refractivity (Wildman–Crippen MR) is 87.5 cm³/mol. The minimum absolute atomic E-state index is 0.0574. The quantitative estimate of drug-likeness (QED) is 0.873. The Morgan fingerprint density at radius 2 is 1.81 bits per heavy atom. The smallest absolute Gasteiger partial charge is 0.141 e. The summed E-state index contributed by atoms with van der Waals surface area (Å²) in [4.78, 5) is 0. The number of hydrogen-bond donors (Lipinski definition) is 1. The molecular weight excluding hydrogens is 333 g/mol. The van der Waals surface area contributed by atoms with E-state index in [0.29, 0.717) is 10.2 Å². The highest BCUT2D eigenvalue weighted by molar-refractivity contribution is 9.10. The second-order valence-electron chi connectivity index (χ2n) is 5.04. The summed E-state index contributed by atoms with van der Waals surface area (Å²) in [6.45, 7) is 4.16. The van der Waals surface area contributed by atoms with Gasteiger partial charge in [-0.15, -0.1) is 0 Å². The summed E-state index contributed by atoms with van der Waals surface area (Å²) in [6.07, 6.45) is 0. The van der Waals surface area contributed by atoms with Gasteiger partial charge in [0.1, 0.15) is 11.6 Å². The van der Waals surface area contributed by atoms with E-state index in [-0.39, 0.29) is 11.9 Å². The second kappa shape index (κ2) is 6.58. The average molecular weight is 352 g/mol. The maximum Gasteiger partial charge on any atom is 0.141 e. The highest BCUT2D eigenvalue weighted by Gasteiger charge is 2.21. The molecule has 0 saturated heterocycles. The first-order chi connectivity index (χ1) is 9.99. The molecule has 0 saturated carbocycles. The zero-order valence-corrected chi connectivity index (χ0v) is 14.2. The Bertz CT molecular complexity index is 637. The molecule has 1 atom stereocenters. The number of ether oxygens (including phenoxy) is 1. The third-order valence-electron chi connectivity index (χ3n) is 3.70. The molecule has 0 amide bonds. The van der Waals surface area contributed by atoms with Gasteiger partial charge in [-0.1, -0.05) is 18.2 Å². The molecule has 1 N–H and O–H groups in total. The molecule has 0 aliphatic heterocycles. The lowest BCUT2D eigenvalue weighted by Gasteiger charge is -2.24. The molecule has 0 aliphatic rings. The Hall–Kier alpha value is -1.39. The number of hydrogen-bond acceptors (Lipinski definition) is 2. The fourth-order valence-electron chi connectivity index (χ4n) is 2.68. The van der Waals surface area contributed by atoms with E-state index in [0.717, 1.165) is 5.56 Å². The van der Waals surface area contributed by atoms with Gasteiger partial charge in [-0.05, 0) is 59.6 Å². The summed E-state index contributed by atoms with van der Waals surface area (Å²) >= 11 is 3.26. The van der Waals surface area contributed by atoms with Crippen molar-refractivity contribution in [1.82, 2.24) is 5.32 Å². The topological polar surface area (TPSA) is 21.3 Å². The Kier molecular flexibility index (Phi) is 5.01. The van der Waals surface area contributed by atoms with E-state index >= 15 is 0 Å². The lowest BCUT2D eigenvalue weighted by molar-refractivity contribution is 0.401. The molecule has 112 valence electrons. The van der Waals surface area contributed by atoms with Crippen LogP contribution in [0.15, 0.2) is 34.8 Å². The van der Waals surface area contributed by atoms with E-state index in [1.54, 1.807) is 13.2 Å². The highest BCUT2D eigenvalue weighted by atomic mass is 79.9. The molecule has 2 aromatic rings. The van der Waals surface area contributed by atoms with Crippen LogP contribution in [0.5, 0.6) is 5.75 Å². The van der Waals surface area contributed by atoms with Crippen LogP contribution in [0.4, 0.5) is 4.39 Å². The van der Waals surface area contributed by atoms with Gasteiger partial charge in [0.15, 0.2) is 0 Å². The molecule has 0 aliphatic carbocycles. The Morgan fingerprint density at radius 3 is 2.33 bits per heavy atom. The van der Waals surface area contributed by atoms with Gasteiger partial charge in [0.25, 0.3) is 0 Å². The van der Waals surface area contributed by atoms with Crippen LogP contribution < -0.4 is 10.1 Å². The monoisotopic (exact) mass is 351 g/mol. The van der Waals surface area contributed by atoms with Gasteiger partial charge in [-0.25, -0.2) is 4.39 Å². The van der Waals surface area contributed by atoms with Crippen LogP contribution in [-0.2, 0) is 0 Å². The molecule has 2 nitrogen and oxygen atoms in total.